The minimum Gasteiger partial charge on any atom is -0.479 e. The van der Waals surface area contributed by atoms with Crippen LogP contribution in [0.15, 0.2) is 53.0 Å². The fraction of sp³-hybridized carbons (Fsp3) is 0.400. The Bertz CT molecular complexity index is 1010. The van der Waals surface area contributed by atoms with Gasteiger partial charge >= 0.3 is 12.1 Å². The zero-order valence-electron chi connectivity index (χ0n) is 18.7. The Morgan fingerprint density at radius 1 is 1.06 bits per heavy atom. The van der Waals surface area contributed by atoms with E-state index in [-0.39, 0.29) is 24.7 Å². The van der Waals surface area contributed by atoms with Crippen LogP contribution in [-0.2, 0) is 9.53 Å². The van der Waals surface area contributed by atoms with Gasteiger partial charge in [0, 0.05) is 22.5 Å². The van der Waals surface area contributed by atoms with Crippen molar-refractivity contribution >= 4 is 33.8 Å². The second-order valence-corrected chi connectivity index (χ2v) is 10.2. The van der Waals surface area contributed by atoms with Crippen LogP contribution >= 0.6 is 15.9 Å². The SMILES string of the molecule is C[C@H]1CC[C@](CC(=O)c2ccc(-c3ccc(Br)cc3)cc2)(C(=O)O)N1C(=O)OC(C)(C)C. The maximum atomic E-state index is 13.1. The lowest BCUT2D eigenvalue weighted by molar-refractivity contribution is -0.150. The maximum Gasteiger partial charge on any atom is 0.411 e. The highest BCUT2D eigenvalue weighted by molar-refractivity contribution is 9.10. The third kappa shape index (κ3) is 5.04. The topological polar surface area (TPSA) is 83.9 Å². The number of aliphatic carboxylic acids is 1. The van der Waals surface area contributed by atoms with E-state index in [0.29, 0.717) is 12.0 Å². The van der Waals surface area contributed by atoms with Gasteiger partial charge in [-0.2, -0.15) is 0 Å². The zero-order valence-corrected chi connectivity index (χ0v) is 20.3. The summed E-state index contributed by atoms with van der Waals surface area (Å²) >= 11 is 3.41. The van der Waals surface area contributed by atoms with Crippen molar-refractivity contribution in [2.75, 3.05) is 0 Å². The molecule has 1 N–H and O–H groups in total. The van der Waals surface area contributed by atoms with Crippen LogP contribution in [0.25, 0.3) is 11.1 Å². The summed E-state index contributed by atoms with van der Waals surface area (Å²) < 4.78 is 6.45. The number of likely N-dealkylation sites (tertiary alicyclic amines) is 1. The summed E-state index contributed by atoms with van der Waals surface area (Å²) in [6, 6.07) is 14.6. The van der Waals surface area contributed by atoms with Gasteiger partial charge in [-0.1, -0.05) is 52.3 Å². The van der Waals surface area contributed by atoms with Crippen LogP contribution < -0.4 is 0 Å². The summed E-state index contributed by atoms with van der Waals surface area (Å²) in [5, 5.41) is 10.1. The van der Waals surface area contributed by atoms with Crippen molar-refractivity contribution in [1.82, 2.24) is 4.90 Å². The molecular weight excluding hydrogens is 474 g/mol. The Kier molecular flexibility index (Phi) is 6.79. The van der Waals surface area contributed by atoms with Crippen LogP contribution in [0.4, 0.5) is 4.79 Å². The van der Waals surface area contributed by atoms with Crippen molar-refractivity contribution in [1.29, 1.82) is 0 Å². The monoisotopic (exact) mass is 501 g/mol. The number of rotatable bonds is 5. The number of hydrogen-bond donors (Lipinski definition) is 1. The Balaban J connectivity index is 1.85. The molecule has 0 spiro atoms. The molecule has 1 aliphatic rings. The maximum absolute atomic E-state index is 13.1. The summed E-state index contributed by atoms with van der Waals surface area (Å²) in [5.74, 6) is -1.51. The quantitative estimate of drug-likeness (QED) is 0.513. The van der Waals surface area contributed by atoms with Crippen molar-refractivity contribution in [2.45, 2.75) is 64.1 Å². The van der Waals surface area contributed by atoms with Gasteiger partial charge in [-0.05, 0) is 63.8 Å². The van der Waals surface area contributed by atoms with Gasteiger partial charge in [0.05, 0.1) is 0 Å². The van der Waals surface area contributed by atoms with Crippen LogP contribution in [0.3, 0.4) is 0 Å². The second kappa shape index (κ2) is 9.06. The smallest absolute Gasteiger partial charge is 0.411 e. The first-order valence-electron chi connectivity index (χ1n) is 10.6. The van der Waals surface area contributed by atoms with Gasteiger partial charge in [-0.15, -0.1) is 0 Å². The molecule has 0 aliphatic carbocycles. The number of ketones is 1. The first-order valence-corrected chi connectivity index (χ1v) is 11.4. The highest BCUT2D eigenvalue weighted by Crippen LogP contribution is 2.39. The highest BCUT2D eigenvalue weighted by atomic mass is 79.9. The van der Waals surface area contributed by atoms with Gasteiger partial charge in [0.25, 0.3) is 0 Å². The summed E-state index contributed by atoms with van der Waals surface area (Å²) in [4.78, 5) is 39.6. The van der Waals surface area contributed by atoms with Crippen LogP contribution in [0.2, 0.25) is 0 Å². The molecule has 1 amide bonds. The fourth-order valence-corrected chi connectivity index (χ4v) is 4.37. The number of carboxylic acids is 1. The van der Waals surface area contributed by atoms with E-state index in [4.69, 9.17) is 4.74 Å². The van der Waals surface area contributed by atoms with Crippen LogP contribution in [-0.4, -0.2) is 45.0 Å². The number of carbonyl (C=O) groups excluding carboxylic acids is 2. The van der Waals surface area contributed by atoms with Crippen molar-refractivity contribution in [3.8, 4) is 11.1 Å². The Morgan fingerprint density at radius 3 is 2.09 bits per heavy atom. The molecule has 7 heteroatoms. The van der Waals surface area contributed by atoms with Crippen LogP contribution in [0.5, 0.6) is 0 Å². The summed E-state index contributed by atoms with van der Waals surface area (Å²) in [6.07, 6.45) is -0.320. The number of ether oxygens (including phenoxy) is 1. The highest BCUT2D eigenvalue weighted by Gasteiger charge is 2.55. The molecule has 170 valence electrons. The van der Waals surface area contributed by atoms with Gasteiger partial charge in [0.15, 0.2) is 11.3 Å². The van der Waals surface area contributed by atoms with Crippen LogP contribution in [0.1, 0.15) is 57.3 Å². The molecule has 2 aromatic rings. The van der Waals surface area contributed by atoms with E-state index >= 15 is 0 Å². The third-order valence-corrected chi connectivity index (χ3v) is 6.23. The van der Waals surface area contributed by atoms with E-state index in [2.05, 4.69) is 15.9 Å². The van der Waals surface area contributed by atoms with Gasteiger partial charge in [-0.25, -0.2) is 9.59 Å². The third-order valence-electron chi connectivity index (χ3n) is 5.70. The second-order valence-electron chi connectivity index (χ2n) is 9.26. The largest absolute Gasteiger partial charge is 0.479 e. The lowest BCUT2D eigenvalue weighted by atomic mass is 9.87. The molecule has 6 nitrogen and oxygen atoms in total. The van der Waals surface area contributed by atoms with Crippen molar-refractivity contribution < 1.29 is 24.2 Å². The molecule has 0 radical (unpaired) electrons. The van der Waals surface area contributed by atoms with E-state index in [0.717, 1.165) is 15.6 Å². The van der Waals surface area contributed by atoms with Gasteiger partial charge in [0.2, 0.25) is 0 Å². The fourth-order valence-electron chi connectivity index (χ4n) is 4.10. The molecule has 0 bridgehead atoms. The number of nitrogens with zero attached hydrogens (tertiary/aromatic N) is 1. The average Bonchev–Trinajstić information content (AvgIpc) is 3.05. The van der Waals surface area contributed by atoms with E-state index in [1.807, 2.05) is 36.4 Å². The molecule has 0 aromatic heterocycles. The predicted octanol–water partition coefficient (Wildman–Crippen LogP) is 5.93. The normalized spacial score (nSPS) is 20.8. The number of Topliss-reactive ketones (excluding diaryl/α,β-unsaturated/α-hetero) is 1. The Hall–Kier alpha value is -2.67. The number of amides is 1. The molecule has 0 unspecified atom stereocenters. The standard InChI is InChI=1S/C25H28BrNO5/c1-16-13-14-25(22(29)30,27(16)23(31)32-24(2,3)4)15-21(28)19-7-5-17(6-8-19)18-9-11-20(26)12-10-18/h5-12,16H,13-15H2,1-4H3,(H,29,30)/t16-,25-/m0/s1. The first-order chi connectivity index (χ1) is 14.9. The number of benzene rings is 2. The number of carbonyl (C=O) groups is 3. The van der Waals surface area contributed by atoms with Gasteiger partial charge in [0.1, 0.15) is 5.60 Å². The van der Waals surface area contributed by atoms with Crippen molar-refractivity contribution in [3.05, 3.63) is 58.6 Å². The lowest BCUT2D eigenvalue weighted by Crippen LogP contribution is -2.57. The average molecular weight is 502 g/mol. The first kappa shape index (κ1) is 24.0. The van der Waals surface area contributed by atoms with E-state index < -0.39 is 23.2 Å². The van der Waals surface area contributed by atoms with Gasteiger partial charge < -0.3 is 9.84 Å². The molecule has 1 fully saturated rings. The molecule has 3 rings (SSSR count). The number of halogens is 1. The summed E-state index contributed by atoms with van der Waals surface area (Å²) in [6.45, 7) is 6.97. The lowest BCUT2D eigenvalue weighted by Gasteiger charge is -2.37. The van der Waals surface area contributed by atoms with Crippen molar-refractivity contribution in [3.63, 3.8) is 0 Å². The minimum atomic E-state index is -1.62. The van der Waals surface area contributed by atoms with E-state index in [9.17, 15) is 19.5 Å². The summed E-state index contributed by atoms with van der Waals surface area (Å²) in [7, 11) is 0. The molecule has 0 saturated carbocycles. The molecular formula is C25H28BrNO5. The Morgan fingerprint density at radius 2 is 1.59 bits per heavy atom. The molecule has 2 aromatic carbocycles. The van der Waals surface area contributed by atoms with E-state index in [1.165, 1.54) is 4.90 Å². The Labute approximate surface area is 196 Å². The predicted molar refractivity (Wildman–Crippen MR) is 126 cm³/mol. The molecule has 1 aliphatic heterocycles. The molecule has 2 atom stereocenters. The number of carboxylic acid groups (broad SMARTS) is 1. The van der Waals surface area contributed by atoms with Gasteiger partial charge in [-0.3, -0.25) is 9.69 Å². The molecule has 1 saturated heterocycles. The van der Waals surface area contributed by atoms with Crippen molar-refractivity contribution in [2.24, 2.45) is 0 Å². The van der Waals surface area contributed by atoms with E-state index in [1.54, 1.807) is 39.8 Å². The minimum absolute atomic E-state index is 0.200. The molecule has 32 heavy (non-hydrogen) atoms. The summed E-state index contributed by atoms with van der Waals surface area (Å²) in [5.41, 5.74) is -0.0170. The zero-order chi connectivity index (χ0) is 23.7. The molecule has 1 heterocycles. The van der Waals surface area contributed by atoms with Crippen LogP contribution in [0, 0.1) is 0 Å². The number of hydrogen-bond acceptors (Lipinski definition) is 4.